The summed E-state index contributed by atoms with van der Waals surface area (Å²) in [7, 11) is -4.01. The zero-order valence-corrected chi connectivity index (χ0v) is 17.0. The molecule has 0 aliphatic carbocycles. The number of hydrogen-bond donors (Lipinski definition) is 3. The second-order valence-corrected chi connectivity index (χ2v) is 8.50. The number of nitrogens with one attached hydrogen (secondary N) is 2. The zero-order chi connectivity index (χ0) is 20.7. The smallest absolute Gasteiger partial charge is 0.241 e. The van der Waals surface area contributed by atoms with Gasteiger partial charge < -0.3 is 11.1 Å². The van der Waals surface area contributed by atoms with Crippen LogP contribution < -0.4 is 15.8 Å². The minimum absolute atomic E-state index is 0.0557. The number of halogens is 2. The Morgan fingerprint density at radius 2 is 1.68 bits per heavy atom. The first kappa shape index (κ1) is 22.2. The van der Waals surface area contributed by atoms with E-state index in [0.29, 0.717) is 15.6 Å². The van der Waals surface area contributed by atoms with Gasteiger partial charge >= 0.3 is 0 Å². The van der Waals surface area contributed by atoms with Crippen molar-refractivity contribution < 1.29 is 18.0 Å². The van der Waals surface area contributed by atoms with E-state index in [1.165, 1.54) is 24.3 Å². The van der Waals surface area contributed by atoms with Crippen LogP contribution in [0.15, 0.2) is 53.4 Å². The van der Waals surface area contributed by atoms with Gasteiger partial charge in [0.05, 0.1) is 4.90 Å². The van der Waals surface area contributed by atoms with Crippen LogP contribution in [0.4, 0.5) is 0 Å². The number of benzene rings is 2. The van der Waals surface area contributed by atoms with Crippen molar-refractivity contribution in [3.05, 3.63) is 64.1 Å². The van der Waals surface area contributed by atoms with Crippen LogP contribution in [0.5, 0.6) is 0 Å². The second-order valence-electron chi connectivity index (χ2n) is 5.94. The summed E-state index contributed by atoms with van der Waals surface area (Å²) in [6.07, 6.45) is -0.246. The molecular formula is C18H19Cl2N3O4S. The molecule has 2 aromatic rings. The molecule has 2 amide bonds. The van der Waals surface area contributed by atoms with E-state index in [4.69, 9.17) is 28.9 Å². The Kier molecular flexibility index (Phi) is 7.82. The summed E-state index contributed by atoms with van der Waals surface area (Å²) in [4.78, 5) is 23.6. The van der Waals surface area contributed by atoms with E-state index in [0.717, 1.165) is 0 Å². The molecule has 1 atom stereocenters. The number of carbonyl (C=O) groups is 2. The van der Waals surface area contributed by atoms with Crippen molar-refractivity contribution >= 4 is 45.0 Å². The molecule has 0 fully saturated rings. The van der Waals surface area contributed by atoms with E-state index < -0.39 is 27.9 Å². The van der Waals surface area contributed by atoms with Crippen LogP contribution in [0.25, 0.3) is 0 Å². The van der Waals surface area contributed by atoms with Gasteiger partial charge in [-0.1, -0.05) is 41.4 Å². The van der Waals surface area contributed by atoms with Crippen molar-refractivity contribution in [2.24, 2.45) is 5.73 Å². The first-order valence-electron chi connectivity index (χ1n) is 8.26. The molecule has 0 aliphatic heterocycles. The largest absolute Gasteiger partial charge is 0.370 e. The number of carbonyl (C=O) groups excluding carboxylic acids is 2. The first-order chi connectivity index (χ1) is 13.2. The van der Waals surface area contributed by atoms with E-state index >= 15 is 0 Å². The van der Waals surface area contributed by atoms with Crippen LogP contribution in [0.1, 0.15) is 18.4 Å². The molecule has 0 radical (unpaired) electrons. The SMILES string of the molecule is NC(=O)CC[C@@H](NS(=O)(=O)c1ccc(Cl)cc1)C(=O)NCc1ccccc1Cl. The zero-order valence-electron chi connectivity index (χ0n) is 14.7. The van der Waals surface area contributed by atoms with Crippen molar-refractivity contribution in [1.29, 1.82) is 0 Å². The third kappa shape index (κ3) is 6.49. The van der Waals surface area contributed by atoms with E-state index in [1.807, 2.05) is 0 Å². The predicted octanol–water partition coefficient (Wildman–Crippen LogP) is 2.22. The van der Waals surface area contributed by atoms with Gasteiger partial charge in [-0.25, -0.2) is 8.42 Å². The van der Waals surface area contributed by atoms with Gasteiger partial charge in [-0.3, -0.25) is 9.59 Å². The molecule has 0 saturated heterocycles. The Morgan fingerprint density at radius 3 is 2.29 bits per heavy atom. The maximum Gasteiger partial charge on any atom is 0.241 e. The second kappa shape index (κ2) is 9.88. The summed E-state index contributed by atoms with van der Waals surface area (Å²) < 4.78 is 27.4. The molecule has 0 aromatic heterocycles. The van der Waals surface area contributed by atoms with Crippen molar-refractivity contribution in [3.8, 4) is 0 Å². The molecule has 0 saturated carbocycles. The summed E-state index contributed by atoms with van der Waals surface area (Å²) in [5.41, 5.74) is 5.81. The Morgan fingerprint density at radius 1 is 1.04 bits per heavy atom. The number of sulfonamides is 1. The topological polar surface area (TPSA) is 118 Å². The first-order valence-corrected chi connectivity index (χ1v) is 10.5. The van der Waals surface area contributed by atoms with E-state index in [9.17, 15) is 18.0 Å². The summed E-state index contributed by atoms with van der Waals surface area (Å²) in [5, 5.41) is 3.47. The van der Waals surface area contributed by atoms with Crippen LogP contribution >= 0.6 is 23.2 Å². The highest BCUT2D eigenvalue weighted by Gasteiger charge is 2.26. The molecule has 0 spiro atoms. The average Bonchev–Trinajstić information content (AvgIpc) is 2.64. The van der Waals surface area contributed by atoms with E-state index in [2.05, 4.69) is 10.0 Å². The molecule has 7 nitrogen and oxygen atoms in total. The Hall–Kier alpha value is -2.13. The molecule has 0 heterocycles. The fourth-order valence-electron chi connectivity index (χ4n) is 2.35. The molecule has 28 heavy (non-hydrogen) atoms. The lowest BCUT2D eigenvalue weighted by Crippen LogP contribution is -2.46. The number of hydrogen-bond acceptors (Lipinski definition) is 4. The molecule has 2 rings (SSSR count). The summed E-state index contributed by atoms with van der Waals surface area (Å²) in [6.45, 7) is 0.105. The monoisotopic (exact) mass is 443 g/mol. The van der Waals surface area contributed by atoms with Crippen molar-refractivity contribution in [2.75, 3.05) is 0 Å². The molecule has 0 unspecified atom stereocenters. The van der Waals surface area contributed by atoms with Crippen molar-refractivity contribution in [3.63, 3.8) is 0 Å². The van der Waals surface area contributed by atoms with Gasteiger partial charge in [-0.05, 0) is 42.3 Å². The number of nitrogens with two attached hydrogens (primary N) is 1. The van der Waals surface area contributed by atoms with E-state index in [-0.39, 0.29) is 24.3 Å². The average molecular weight is 444 g/mol. The molecule has 2 aromatic carbocycles. The highest BCUT2D eigenvalue weighted by atomic mass is 35.5. The molecule has 4 N–H and O–H groups in total. The Balaban J connectivity index is 2.13. The minimum atomic E-state index is -4.01. The van der Waals surface area contributed by atoms with Gasteiger partial charge in [0, 0.05) is 23.0 Å². The molecular weight excluding hydrogens is 425 g/mol. The highest BCUT2D eigenvalue weighted by molar-refractivity contribution is 7.89. The summed E-state index contributed by atoms with van der Waals surface area (Å²) in [6, 6.07) is 11.2. The lowest BCUT2D eigenvalue weighted by Gasteiger charge is -2.18. The quantitative estimate of drug-likeness (QED) is 0.550. The predicted molar refractivity (Wildman–Crippen MR) is 107 cm³/mol. The third-order valence-electron chi connectivity index (χ3n) is 3.83. The molecule has 150 valence electrons. The summed E-state index contributed by atoms with van der Waals surface area (Å²) in [5.74, 6) is -1.24. The van der Waals surface area contributed by atoms with Crippen LogP contribution in [0.2, 0.25) is 10.0 Å². The van der Waals surface area contributed by atoms with E-state index in [1.54, 1.807) is 24.3 Å². The molecule has 10 heteroatoms. The standard InChI is InChI=1S/C18H19Cl2N3O4S/c19-13-5-7-14(8-6-13)28(26,27)23-16(9-10-17(21)24)18(25)22-11-12-3-1-2-4-15(12)20/h1-8,16,23H,9-11H2,(H2,21,24)(H,22,25)/t16-/m1/s1. The maximum atomic E-state index is 12.6. The van der Waals surface area contributed by atoms with Crippen LogP contribution in [0.3, 0.4) is 0 Å². The Bertz CT molecular complexity index is 950. The molecule has 0 aliphatic rings. The van der Waals surface area contributed by atoms with Gasteiger partial charge in [0.25, 0.3) is 0 Å². The Labute approximate surface area is 173 Å². The number of rotatable bonds is 9. The van der Waals surface area contributed by atoms with Crippen molar-refractivity contribution in [2.45, 2.75) is 30.3 Å². The van der Waals surface area contributed by atoms with Crippen LogP contribution in [-0.2, 0) is 26.2 Å². The number of amides is 2. The van der Waals surface area contributed by atoms with Crippen molar-refractivity contribution in [1.82, 2.24) is 10.0 Å². The molecule has 0 bridgehead atoms. The lowest BCUT2D eigenvalue weighted by molar-refractivity contribution is -0.123. The fourth-order valence-corrected chi connectivity index (χ4v) is 3.90. The third-order valence-corrected chi connectivity index (χ3v) is 5.94. The van der Waals surface area contributed by atoms with Gasteiger partial charge in [0.15, 0.2) is 0 Å². The van der Waals surface area contributed by atoms with Gasteiger partial charge in [-0.2, -0.15) is 4.72 Å². The number of primary amides is 1. The van der Waals surface area contributed by atoms with Crippen LogP contribution in [-0.4, -0.2) is 26.3 Å². The van der Waals surface area contributed by atoms with Gasteiger partial charge in [0.1, 0.15) is 6.04 Å². The fraction of sp³-hybridized carbons (Fsp3) is 0.222. The normalized spacial score (nSPS) is 12.4. The maximum absolute atomic E-state index is 12.6. The summed E-state index contributed by atoms with van der Waals surface area (Å²) >= 11 is 11.8. The van der Waals surface area contributed by atoms with Crippen LogP contribution in [0, 0.1) is 0 Å². The van der Waals surface area contributed by atoms with Gasteiger partial charge in [-0.15, -0.1) is 0 Å². The lowest BCUT2D eigenvalue weighted by atomic mass is 10.1. The van der Waals surface area contributed by atoms with Gasteiger partial charge in [0.2, 0.25) is 21.8 Å². The highest BCUT2D eigenvalue weighted by Crippen LogP contribution is 2.16. The minimum Gasteiger partial charge on any atom is -0.370 e.